The Morgan fingerprint density at radius 2 is 2.00 bits per heavy atom. The minimum absolute atomic E-state index is 0.189. The summed E-state index contributed by atoms with van der Waals surface area (Å²) in [4.78, 5) is 3.97. The topological polar surface area (TPSA) is 35.9 Å². The summed E-state index contributed by atoms with van der Waals surface area (Å²) in [6.07, 6.45) is 4.47. The molecule has 22 heavy (non-hydrogen) atoms. The number of anilines is 1. The quantitative estimate of drug-likeness (QED) is 0.630. The molecule has 0 aromatic heterocycles. The van der Waals surface area contributed by atoms with Crippen molar-refractivity contribution in [2.45, 2.75) is 6.10 Å². The van der Waals surface area contributed by atoms with Crippen molar-refractivity contribution < 1.29 is 18.6 Å². The number of nitrogens with zero attached hydrogens (tertiary/aromatic N) is 2. The van der Waals surface area contributed by atoms with Crippen molar-refractivity contribution in [3.05, 3.63) is 29.8 Å². The van der Waals surface area contributed by atoms with Crippen LogP contribution >= 0.6 is 0 Å². The Bertz CT molecular complexity index is 525. The fourth-order valence-electron chi connectivity index (χ4n) is 2.51. The van der Waals surface area contributed by atoms with E-state index in [0.717, 1.165) is 6.07 Å². The van der Waals surface area contributed by atoms with Gasteiger partial charge in [-0.25, -0.2) is 8.78 Å². The predicted molar refractivity (Wildman–Crippen MR) is 80.7 cm³/mol. The molecule has 0 aliphatic carbocycles. The van der Waals surface area contributed by atoms with Crippen molar-refractivity contribution in [1.29, 1.82) is 0 Å². The second kappa shape index (κ2) is 8.08. The molecule has 2 rings (SSSR count). The molecule has 1 aliphatic rings. The molecule has 0 amide bonds. The van der Waals surface area contributed by atoms with E-state index in [2.05, 4.69) is 10.8 Å². The molecular weight excluding hydrogens is 290 g/mol. The van der Waals surface area contributed by atoms with E-state index in [1.54, 1.807) is 0 Å². The van der Waals surface area contributed by atoms with Crippen LogP contribution in [0.1, 0.15) is 0 Å². The van der Waals surface area contributed by atoms with Gasteiger partial charge in [0.15, 0.2) is 0 Å². The van der Waals surface area contributed by atoms with Gasteiger partial charge in [0, 0.05) is 38.8 Å². The third-order valence-electron chi connectivity index (χ3n) is 3.59. The van der Waals surface area contributed by atoms with Gasteiger partial charge < -0.3 is 14.7 Å². The summed E-state index contributed by atoms with van der Waals surface area (Å²) in [6, 6.07) is 3.62. The summed E-state index contributed by atoms with van der Waals surface area (Å²) in [7, 11) is 0. The smallest absolute Gasteiger partial charge is 0.149 e. The molecule has 1 aromatic carbocycles. The molecule has 1 fully saturated rings. The molecule has 0 bridgehead atoms. The molecule has 1 N–H and O–H groups in total. The summed E-state index contributed by atoms with van der Waals surface area (Å²) >= 11 is 0. The van der Waals surface area contributed by atoms with E-state index in [4.69, 9.17) is 11.2 Å². The second-order valence-corrected chi connectivity index (χ2v) is 5.26. The average molecular weight is 310 g/mol. The maximum Gasteiger partial charge on any atom is 0.149 e. The van der Waals surface area contributed by atoms with E-state index in [1.165, 1.54) is 12.1 Å². The van der Waals surface area contributed by atoms with Crippen LogP contribution in [0.4, 0.5) is 14.5 Å². The molecule has 120 valence electrons. The highest BCUT2D eigenvalue weighted by Gasteiger charge is 2.21. The first-order valence-corrected chi connectivity index (χ1v) is 7.22. The Hall–Kier alpha value is -1.68. The lowest BCUT2D eigenvalue weighted by atomic mass is 10.2. The molecule has 1 saturated heterocycles. The fourth-order valence-corrected chi connectivity index (χ4v) is 2.51. The van der Waals surface area contributed by atoms with Gasteiger partial charge in [-0.2, -0.15) is 0 Å². The zero-order valence-electron chi connectivity index (χ0n) is 12.3. The SMILES string of the molecule is C#CCOCC(O)CN1CCN(c2ccc(F)cc2F)CC1. The molecule has 1 aromatic rings. The van der Waals surface area contributed by atoms with Crippen LogP contribution in [0.25, 0.3) is 0 Å². The van der Waals surface area contributed by atoms with Crippen LogP contribution in [0.3, 0.4) is 0 Å². The maximum atomic E-state index is 13.7. The number of rotatable bonds is 6. The van der Waals surface area contributed by atoms with Gasteiger partial charge in [0.05, 0.1) is 18.4 Å². The zero-order chi connectivity index (χ0) is 15.9. The lowest BCUT2D eigenvalue weighted by molar-refractivity contribution is 0.0267. The standard InChI is InChI=1S/C16H20F2N2O2/c1-2-9-22-12-14(21)11-19-5-7-20(8-6-19)16-4-3-13(17)10-15(16)18/h1,3-4,10,14,21H,5-9,11-12H2. The van der Waals surface area contributed by atoms with Gasteiger partial charge in [0.2, 0.25) is 0 Å². The number of halogens is 2. The summed E-state index contributed by atoms with van der Waals surface area (Å²) in [5.74, 6) is 1.22. The second-order valence-electron chi connectivity index (χ2n) is 5.26. The number of β-amino-alcohol motifs (C(OH)–C–C–N with tert-alkyl or cyclic N) is 1. The Morgan fingerprint density at radius 3 is 2.64 bits per heavy atom. The molecule has 6 heteroatoms. The summed E-state index contributed by atoms with van der Waals surface area (Å²) in [5, 5.41) is 9.84. The fraction of sp³-hybridized carbons (Fsp3) is 0.500. The first-order chi connectivity index (χ1) is 10.6. The van der Waals surface area contributed by atoms with Crippen molar-refractivity contribution in [2.75, 3.05) is 50.8 Å². The number of piperazine rings is 1. The van der Waals surface area contributed by atoms with Crippen molar-refractivity contribution >= 4 is 5.69 Å². The molecule has 0 radical (unpaired) electrons. The van der Waals surface area contributed by atoms with E-state index in [-0.39, 0.29) is 13.2 Å². The van der Waals surface area contributed by atoms with Crippen LogP contribution in [0, 0.1) is 24.0 Å². The maximum absolute atomic E-state index is 13.7. The van der Waals surface area contributed by atoms with Crippen LogP contribution in [0.2, 0.25) is 0 Å². The molecular formula is C16H20F2N2O2. The largest absolute Gasteiger partial charge is 0.389 e. The van der Waals surface area contributed by atoms with E-state index >= 15 is 0 Å². The van der Waals surface area contributed by atoms with E-state index in [9.17, 15) is 13.9 Å². The molecule has 1 heterocycles. The number of hydrogen-bond donors (Lipinski definition) is 1. The zero-order valence-corrected chi connectivity index (χ0v) is 12.3. The van der Waals surface area contributed by atoms with Gasteiger partial charge >= 0.3 is 0 Å². The van der Waals surface area contributed by atoms with E-state index in [1.807, 2.05) is 4.90 Å². The number of benzene rings is 1. The first-order valence-electron chi connectivity index (χ1n) is 7.22. The van der Waals surface area contributed by atoms with Gasteiger partial charge in [-0.05, 0) is 12.1 Å². The Kier molecular flexibility index (Phi) is 6.13. The Morgan fingerprint density at radius 1 is 1.27 bits per heavy atom. The monoisotopic (exact) mass is 310 g/mol. The molecule has 1 unspecified atom stereocenters. The average Bonchev–Trinajstić information content (AvgIpc) is 2.49. The van der Waals surface area contributed by atoms with Crippen molar-refractivity contribution in [3.63, 3.8) is 0 Å². The molecule has 1 aliphatic heterocycles. The molecule has 1 atom stereocenters. The minimum Gasteiger partial charge on any atom is -0.389 e. The van der Waals surface area contributed by atoms with Gasteiger partial charge in [-0.1, -0.05) is 5.92 Å². The van der Waals surface area contributed by atoms with E-state index in [0.29, 0.717) is 38.4 Å². The number of hydrogen-bond acceptors (Lipinski definition) is 4. The molecule has 0 saturated carbocycles. The lowest BCUT2D eigenvalue weighted by Crippen LogP contribution is -2.49. The Balaban J connectivity index is 1.79. The highest BCUT2D eigenvalue weighted by atomic mass is 19.1. The number of aliphatic hydroxyl groups excluding tert-OH is 1. The third kappa shape index (κ3) is 4.67. The summed E-state index contributed by atoms with van der Waals surface area (Å²) in [6.45, 7) is 3.53. The third-order valence-corrected chi connectivity index (χ3v) is 3.59. The normalized spacial score (nSPS) is 17.3. The molecule has 4 nitrogen and oxygen atoms in total. The minimum atomic E-state index is -0.595. The van der Waals surface area contributed by atoms with Gasteiger partial charge in [0.1, 0.15) is 18.2 Å². The highest BCUT2D eigenvalue weighted by molar-refractivity contribution is 5.48. The van der Waals surface area contributed by atoms with Crippen molar-refractivity contribution in [3.8, 4) is 12.3 Å². The Labute approximate surface area is 129 Å². The van der Waals surface area contributed by atoms with Crippen LogP contribution in [-0.4, -0.2) is 62.0 Å². The first kappa shape index (κ1) is 16.7. The van der Waals surface area contributed by atoms with Crippen LogP contribution < -0.4 is 4.90 Å². The van der Waals surface area contributed by atoms with E-state index < -0.39 is 17.7 Å². The van der Waals surface area contributed by atoms with Gasteiger partial charge in [-0.3, -0.25) is 4.90 Å². The lowest BCUT2D eigenvalue weighted by Gasteiger charge is -2.36. The summed E-state index contributed by atoms with van der Waals surface area (Å²) in [5.41, 5.74) is 0.416. The number of ether oxygens (including phenoxy) is 1. The predicted octanol–water partition coefficient (Wildman–Crippen LogP) is 1.10. The van der Waals surface area contributed by atoms with Gasteiger partial charge in [-0.15, -0.1) is 6.42 Å². The highest BCUT2D eigenvalue weighted by Crippen LogP contribution is 2.21. The van der Waals surface area contributed by atoms with Crippen molar-refractivity contribution in [2.24, 2.45) is 0 Å². The number of aliphatic hydroxyl groups is 1. The van der Waals surface area contributed by atoms with Crippen LogP contribution in [0.15, 0.2) is 18.2 Å². The molecule has 0 spiro atoms. The van der Waals surface area contributed by atoms with Crippen LogP contribution in [0.5, 0.6) is 0 Å². The summed E-state index contributed by atoms with van der Waals surface area (Å²) < 4.78 is 31.8. The number of terminal acetylenes is 1. The van der Waals surface area contributed by atoms with Crippen molar-refractivity contribution in [1.82, 2.24) is 4.90 Å². The van der Waals surface area contributed by atoms with Gasteiger partial charge in [0.25, 0.3) is 0 Å². The van der Waals surface area contributed by atoms with Crippen LogP contribution in [-0.2, 0) is 4.74 Å².